The van der Waals surface area contributed by atoms with Crippen molar-refractivity contribution in [1.82, 2.24) is 0 Å². The van der Waals surface area contributed by atoms with Crippen LogP contribution in [0.2, 0.25) is 5.02 Å². The topological polar surface area (TPSA) is 52.6 Å². The van der Waals surface area contributed by atoms with Crippen LogP contribution in [0.3, 0.4) is 0 Å². The van der Waals surface area contributed by atoms with Gasteiger partial charge < -0.3 is 4.74 Å². The highest BCUT2D eigenvalue weighted by Crippen LogP contribution is 2.54. The first-order chi connectivity index (χ1) is 16.8. The molecule has 194 valence electrons. The van der Waals surface area contributed by atoms with Gasteiger partial charge in [0, 0.05) is 10.6 Å². The molecule has 4 nitrogen and oxygen atoms in total. The van der Waals surface area contributed by atoms with Crippen molar-refractivity contribution in [2.45, 2.75) is 35.7 Å². The number of hydrogen-bond donors (Lipinski definition) is 0. The van der Waals surface area contributed by atoms with Crippen molar-refractivity contribution in [2.24, 2.45) is 0 Å². The van der Waals surface area contributed by atoms with Crippen molar-refractivity contribution in [3.63, 3.8) is 0 Å². The molecule has 0 aliphatic rings. The number of hydrogen-bond acceptors (Lipinski definition) is 4. The van der Waals surface area contributed by atoms with Gasteiger partial charge in [-0.2, -0.15) is 34.8 Å². The van der Waals surface area contributed by atoms with Crippen LogP contribution in [0, 0.1) is 0 Å². The minimum atomic E-state index is -6.19. The molecule has 3 aromatic rings. The van der Waals surface area contributed by atoms with E-state index in [1.54, 1.807) is 0 Å². The summed E-state index contributed by atoms with van der Waals surface area (Å²) in [5, 5.41) is -0.154. The molecule has 0 heterocycles. The lowest BCUT2D eigenvalue weighted by Crippen LogP contribution is -2.56. The second-order valence-corrected chi connectivity index (χ2v) is 9.61. The quantitative estimate of drug-likeness (QED) is 0.162. The molecule has 0 spiro atoms. The molecule has 12 heteroatoms. The Hall–Kier alpha value is -2.76. The third kappa shape index (κ3) is 6.13. The largest absolute Gasteiger partial charge is 0.494 e. The van der Waals surface area contributed by atoms with E-state index in [2.05, 4.69) is 4.18 Å². The fraction of sp³-hybridized carbons (Fsp3) is 0.250. The normalized spacial score (nSPS) is 13.0. The molecule has 0 bridgehead atoms. The first-order valence-corrected chi connectivity index (χ1v) is 12.2. The van der Waals surface area contributed by atoms with Crippen molar-refractivity contribution >= 4 is 21.7 Å². The van der Waals surface area contributed by atoms with Crippen LogP contribution in [0.5, 0.6) is 5.75 Å². The lowest BCUT2D eigenvalue weighted by Gasteiger charge is -2.36. The number of benzene rings is 3. The Morgan fingerprint density at radius 2 is 1.31 bits per heavy atom. The molecule has 0 saturated carbocycles. The molecule has 0 aliphatic carbocycles. The number of ether oxygens (including phenoxy) is 1. The van der Waals surface area contributed by atoms with E-state index >= 15 is 0 Å². The maximum absolute atomic E-state index is 13.9. The molecule has 0 atom stereocenters. The maximum atomic E-state index is 13.9. The van der Waals surface area contributed by atoms with E-state index in [0.717, 1.165) is 42.0 Å². The standard InChI is InChI=1S/C24H19ClF6O4S/c25-19-10-8-18(9-11-19)22(23(26,27)28,24(29,30)31)35-36(32,33)21-14-12-20(13-15-21)34-16-4-7-17-5-2-1-3-6-17/h1-3,5-6,8-15H,4,7,16H2. The van der Waals surface area contributed by atoms with Crippen LogP contribution < -0.4 is 4.74 Å². The minimum Gasteiger partial charge on any atom is -0.494 e. The highest BCUT2D eigenvalue weighted by Gasteiger charge is 2.75. The molecule has 3 rings (SSSR count). The van der Waals surface area contributed by atoms with Gasteiger partial charge in [0.05, 0.1) is 11.5 Å². The second kappa shape index (κ2) is 10.7. The van der Waals surface area contributed by atoms with E-state index < -0.39 is 38.5 Å². The van der Waals surface area contributed by atoms with Gasteiger partial charge in [0.2, 0.25) is 0 Å². The van der Waals surface area contributed by atoms with E-state index in [-0.39, 0.29) is 17.4 Å². The third-order valence-electron chi connectivity index (χ3n) is 5.12. The molecule has 0 aliphatic heterocycles. The van der Waals surface area contributed by atoms with E-state index in [0.29, 0.717) is 25.0 Å². The molecule has 0 fully saturated rings. The smallest absolute Gasteiger partial charge is 0.432 e. The molecule has 0 aromatic heterocycles. The van der Waals surface area contributed by atoms with Crippen molar-refractivity contribution in [3.05, 3.63) is 95.0 Å². The van der Waals surface area contributed by atoms with E-state index in [4.69, 9.17) is 16.3 Å². The number of alkyl halides is 6. The number of halogens is 7. The average Bonchev–Trinajstić information content (AvgIpc) is 2.80. The van der Waals surface area contributed by atoms with Crippen LogP contribution in [-0.4, -0.2) is 27.4 Å². The monoisotopic (exact) mass is 552 g/mol. The summed E-state index contributed by atoms with van der Waals surface area (Å²) >= 11 is 5.58. The van der Waals surface area contributed by atoms with Crippen LogP contribution in [0.4, 0.5) is 26.3 Å². The molecular formula is C24H19ClF6O4S. The van der Waals surface area contributed by atoms with Crippen LogP contribution in [0.25, 0.3) is 0 Å². The first kappa shape index (κ1) is 27.8. The summed E-state index contributed by atoms with van der Waals surface area (Å²) < 4.78 is 118. The average molecular weight is 553 g/mol. The third-order valence-corrected chi connectivity index (χ3v) is 6.69. The Morgan fingerprint density at radius 1 is 0.750 bits per heavy atom. The van der Waals surface area contributed by atoms with Crippen LogP contribution in [0.1, 0.15) is 17.5 Å². The van der Waals surface area contributed by atoms with Crippen molar-refractivity contribution in [2.75, 3.05) is 6.61 Å². The second-order valence-electron chi connectivity index (χ2n) is 7.63. The predicted molar refractivity (Wildman–Crippen MR) is 120 cm³/mol. The highest BCUT2D eigenvalue weighted by atomic mass is 35.5. The van der Waals surface area contributed by atoms with E-state index in [1.807, 2.05) is 30.3 Å². The Labute approximate surface area is 208 Å². The molecule has 0 N–H and O–H groups in total. The Balaban J connectivity index is 1.81. The van der Waals surface area contributed by atoms with Gasteiger partial charge in [0.25, 0.3) is 10.1 Å². The van der Waals surface area contributed by atoms with Gasteiger partial charge in [-0.1, -0.05) is 54.1 Å². The Morgan fingerprint density at radius 3 is 1.83 bits per heavy atom. The zero-order valence-corrected chi connectivity index (χ0v) is 19.9. The van der Waals surface area contributed by atoms with Gasteiger partial charge in [-0.3, -0.25) is 0 Å². The summed E-state index contributed by atoms with van der Waals surface area (Å²) in [4.78, 5) is -0.911. The zero-order valence-electron chi connectivity index (χ0n) is 18.3. The van der Waals surface area contributed by atoms with Crippen LogP contribution in [-0.2, 0) is 26.3 Å². The van der Waals surface area contributed by atoms with Crippen LogP contribution >= 0.6 is 11.6 Å². The molecule has 0 saturated heterocycles. The first-order valence-electron chi connectivity index (χ1n) is 10.4. The molecular weight excluding hydrogens is 534 g/mol. The van der Waals surface area contributed by atoms with E-state index in [9.17, 15) is 34.8 Å². The SMILES string of the molecule is O=S(=O)(OC(c1ccc(Cl)cc1)(C(F)(F)F)C(F)(F)F)c1ccc(OCCCc2ccccc2)cc1. The zero-order chi connectivity index (χ0) is 26.6. The molecule has 0 unspecified atom stereocenters. The van der Waals surface area contributed by atoms with Gasteiger partial charge in [0.1, 0.15) is 5.75 Å². The van der Waals surface area contributed by atoms with Gasteiger partial charge in [-0.05, 0) is 54.8 Å². The molecule has 0 amide bonds. The molecule has 0 radical (unpaired) electrons. The van der Waals surface area contributed by atoms with E-state index in [1.165, 1.54) is 0 Å². The Kier molecular flexibility index (Phi) is 8.27. The predicted octanol–water partition coefficient (Wildman–Crippen LogP) is 7.08. The summed E-state index contributed by atoms with van der Waals surface area (Å²) in [6.45, 7) is 0.249. The lowest BCUT2D eigenvalue weighted by atomic mass is 9.92. The summed E-state index contributed by atoms with van der Waals surface area (Å²) in [7, 11) is -5.55. The maximum Gasteiger partial charge on any atom is 0.432 e. The number of aryl methyl sites for hydroxylation is 1. The van der Waals surface area contributed by atoms with Crippen LogP contribution in [0.15, 0.2) is 83.8 Å². The van der Waals surface area contributed by atoms with Gasteiger partial charge >= 0.3 is 18.0 Å². The summed E-state index contributed by atoms with van der Waals surface area (Å²) in [5.41, 5.74) is -5.57. The summed E-state index contributed by atoms with van der Waals surface area (Å²) in [6.07, 6.45) is -11.0. The van der Waals surface area contributed by atoms with Gasteiger partial charge in [-0.25, -0.2) is 4.18 Å². The van der Waals surface area contributed by atoms with Gasteiger partial charge in [-0.15, -0.1) is 0 Å². The summed E-state index contributed by atoms with van der Waals surface area (Å²) in [5.74, 6) is 0.178. The highest BCUT2D eigenvalue weighted by molar-refractivity contribution is 7.86. The fourth-order valence-electron chi connectivity index (χ4n) is 3.34. The minimum absolute atomic E-state index is 0.154. The number of rotatable bonds is 9. The van der Waals surface area contributed by atoms with Crippen molar-refractivity contribution in [3.8, 4) is 5.75 Å². The fourth-order valence-corrected chi connectivity index (χ4v) is 4.65. The summed E-state index contributed by atoms with van der Waals surface area (Å²) in [6, 6.07) is 15.7. The van der Waals surface area contributed by atoms with Gasteiger partial charge in [0.15, 0.2) is 0 Å². The van der Waals surface area contributed by atoms with Crippen molar-refractivity contribution < 1.29 is 43.7 Å². The Bertz CT molecular complexity index is 1230. The molecule has 3 aromatic carbocycles. The molecule has 36 heavy (non-hydrogen) atoms. The lowest BCUT2D eigenvalue weighted by molar-refractivity contribution is -0.364. The van der Waals surface area contributed by atoms with Crippen molar-refractivity contribution in [1.29, 1.82) is 0 Å².